The number of aryl methyl sites for hydroxylation is 1. The van der Waals surface area contributed by atoms with Gasteiger partial charge in [0.05, 0.1) is 32.7 Å². The van der Waals surface area contributed by atoms with E-state index in [-0.39, 0.29) is 5.88 Å². The number of likely N-dealkylation sites (N-methyl/N-ethyl adjacent to an activating group) is 1. The second-order valence-corrected chi connectivity index (χ2v) is 5.52. The van der Waals surface area contributed by atoms with Gasteiger partial charge in [-0.2, -0.15) is 0 Å². The SMILES string of the molecule is Cn1c(O)c(N=NC(=S)NCC[NH+](C)C)c2ccccc21. The molecule has 0 unspecified atom stereocenters. The number of hydrogen-bond donors (Lipinski definition) is 3. The van der Waals surface area contributed by atoms with Gasteiger partial charge in [0.25, 0.3) is 0 Å². The summed E-state index contributed by atoms with van der Waals surface area (Å²) in [5.41, 5.74) is 1.34. The van der Waals surface area contributed by atoms with Crippen LogP contribution in [0.2, 0.25) is 0 Å². The molecule has 2 aromatic rings. The second kappa shape index (κ2) is 6.64. The van der Waals surface area contributed by atoms with Gasteiger partial charge in [-0.1, -0.05) is 18.2 Å². The molecule has 0 bridgehead atoms. The van der Waals surface area contributed by atoms with Crippen LogP contribution in [0.1, 0.15) is 0 Å². The maximum Gasteiger partial charge on any atom is 0.220 e. The molecule has 1 heterocycles. The first kappa shape index (κ1) is 15.4. The number of thiocarbonyl (C=S) groups is 1. The molecule has 3 N–H and O–H groups in total. The molecule has 0 amide bonds. The third kappa shape index (κ3) is 3.56. The number of quaternary nitrogens is 1. The molecule has 0 aliphatic rings. The van der Waals surface area contributed by atoms with Crippen molar-refractivity contribution in [2.45, 2.75) is 0 Å². The summed E-state index contributed by atoms with van der Waals surface area (Å²) >= 11 is 5.11. The Morgan fingerprint density at radius 3 is 2.81 bits per heavy atom. The Labute approximate surface area is 129 Å². The van der Waals surface area contributed by atoms with Crippen molar-refractivity contribution in [1.82, 2.24) is 9.88 Å². The first-order valence-corrected chi connectivity index (χ1v) is 7.16. The molecule has 0 spiro atoms. The van der Waals surface area contributed by atoms with Gasteiger partial charge in [-0.3, -0.25) is 0 Å². The monoisotopic (exact) mass is 306 g/mol. The number of hydrogen-bond acceptors (Lipinski definition) is 3. The van der Waals surface area contributed by atoms with Crippen molar-refractivity contribution < 1.29 is 10.0 Å². The molecule has 0 saturated heterocycles. The van der Waals surface area contributed by atoms with Crippen LogP contribution in [0.25, 0.3) is 10.9 Å². The zero-order valence-electron chi connectivity index (χ0n) is 12.4. The van der Waals surface area contributed by atoms with Gasteiger partial charge >= 0.3 is 0 Å². The molecule has 0 atom stereocenters. The Hall–Kier alpha value is -1.99. The molecule has 0 fully saturated rings. The van der Waals surface area contributed by atoms with Crippen molar-refractivity contribution in [2.24, 2.45) is 17.3 Å². The molecule has 0 saturated carbocycles. The van der Waals surface area contributed by atoms with E-state index in [0.717, 1.165) is 24.0 Å². The minimum atomic E-state index is 0.0838. The Morgan fingerprint density at radius 2 is 2.10 bits per heavy atom. The fourth-order valence-electron chi connectivity index (χ4n) is 2.01. The number of fused-ring (bicyclic) bond motifs is 1. The molecule has 21 heavy (non-hydrogen) atoms. The molecule has 7 heteroatoms. The van der Waals surface area contributed by atoms with Crippen molar-refractivity contribution in [3.63, 3.8) is 0 Å². The van der Waals surface area contributed by atoms with Gasteiger partial charge in [0.2, 0.25) is 11.0 Å². The third-order valence-corrected chi connectivity index (χ3v) is 3.42. The molecular weight excluding hydrogens is 286 g/mol. The maximum absolute atomic E-state index is 10.1. The van der Waals surface area contributed by atoms with Crippen molar-refractivity contribution in [1.29, 1.82) is 0 Å². The van der Waals surface area contributed by atoms with Crippen molar-refractivity contribution in [2.75, 3.05) is 27.2 Å². The third-order valence-electron chi connectivity index (χ3n) is 3.19. The summed E-state index contributed by atoms with van der Waals surface area (Å²) < 4.78 is 1.68. The van der Waals surface area contributed by atoms with E-state index in [2.05, 4.69) is 29.6 Å². The Morgan fingerprint density at radius 1 is 1.38 bits per heavy atom. The first-order chi connectivity index (χ1) is 10.0. The summed E-state index contributed by atoms with van der Waals surface area (Å²) in [6.45, 7) is 1.68. The van der Waals surface area contributed by atoms with Crippen molar-refractivity contribution >= 4 is 33.9 Å². The summed E-state index contributed by atoms with van der Waals surface area (Å²) in [5, 5.41) is 22.4. The van der Waals surface area contributed by atoms with E-state index in [0.29, 0.717) is 10.8 Å². The van der Waals surface area contributed by atoms with E-state index in [4.69, 9.17) is 12.2 Å². The number of azo groups is 1. The molecule has 6 nitrogen and oxygen atoms in total. The van der Waals surface area contributed by atoms with Crippen LogP contribution in [0, 0.1) is 0 Å². The van der Waals surface area contributed by atoms with Gasteiger partial charge in [0.1, 0.15) is 0 Å². The average Bonchev–Trinajstić information content (AvgIpc) is 2.69. The Bertz CT molecular complexity index is 677. The Balaban J connectivity index is 2.14. The number of benzene rings is 1. The Kier molecular flexibility index (Phi) is 4.87. The summed E-state index contributed by atoms with van der Waals surface area (Å²) in [4.78, 5) is 1.33. The highest BCUT2D eigenvalue weighted by atomic mass is 32.1. The van der Waals surface area contributed by atoms with E-state index in [9.17, 15) is 5.11 Å². The zero-order chi connectivity index (χ0) is 15.4. The summed E-state index contributed by atoms with van der Waals surface area (Å²) in [7, 11) is 5.92. The van der Waals surface area contributed by atoms with Gasteiger partial charge in [-0.15, -0.1) is 10.2 Å². The van der Waals surface area contributed by atoms with Crippen LogP contribution in [0.15, 0.2) is 34.5 Å². The highest BCUT2D eigenvalue weighted by molar-refractivity contribution is 7.80. The number of rotatable bonds is 4. The lowest BCUT2D eigenvalue weighted by molar-refractivity contribution is -0.856. The fraction of sp³-hybridized carbons (Fsp3) is 0.357. The summed E-state index contributed by atoms with van der Waals surface area (Å²) in [5.74, 6) is 0.0838. The van der Waals surface area contributed by atoms with Gasteiger partial charge in [0, 0.05) is 12.4 Å². The summed E-state index contributed by atoms with van der Waals surface area (Å²) in [6, 6.07) is 7.63. The van der Waals surface area contributed by atoms with E-state index in [1.165, 1.54) is 4.90 Å². The minimum Gasteiger partial charge on any atom is -0.493 e. The van der Waals surface area contributed by atoms with Crippen LogP contribution >= 0.6 is 12.2 Å². The van der Waals surface area contributed by atoms with Gasteiger partial charge < -0.3 is 19.9 Å². The van der Waals surface area contributed by atoms with Crippen molar-refractivity contribution in [3.05, 3.63) is 24.3 Å². The molecule has 1 aromatic carbocycles. The van der Waals surface area contributed by atoms with Crippen LogP contribution in [0.4, 0.5) is 5.69 Å². The van der Waals surface area contributed by atoms with E-state index in [1.54, 1.807) is 11.6 Å². The molecule has 0 radical (unpaired) electrons. The van der Waals surface area contributed by atoms with E-state index >= 15 is 0 Å². The van der Waals surface area contributed by atoms with Crippen LogP contribution < -0.4 is 10.2 Å². The zero-order valence-corrected chi connectivity index (χ0v) is 13.2. The average molecular weight is 306 g/mol. The van der Waals surface area contributed by atoms with E-state index in [1.807, 2.05) is 24.3 Å². The molecular formula is C14H20N5OS+. The van der Waals surface area contributed by atoms with Gasteiger partial charge in [0.15, 0.2) is 5.69 Å². The molecule has 0 aliphatic heterocycles. The lowest BCUT2D eigenvalue weighted by Crippen LogP contribution is -3.06. The fourth-order valence-corrected chi connectivity index (χ4v) is 2.15. The molecule has 2 rings (SSSR count). The number of aromatic nitrogens is 1. The summed E-state index contributed by atoms with van der Waals surface area (Å²) in [6.07, 6.45) is 0. The highest BCUT2D eigenvalue weighted by Crippen LogP contribution is 2.37. The predicted octanol–water partition coefficient (Wildman–Crippen LogP) is 0.987. The van der Waals surface area contributed by atoms with Crippen LogP contribution in [0.3, 0.4) is 0 Å². The van der Waals surface area contributed by atoms with Gasteiger partial charge in [-0.25, -0.2) is 0 Å². The number of nitrogens with one attached hydrogen (secondary N) is 2. The van der Waals surface area contributed by atoms with Crippen LogP contribution in [-0.2, 0) is 7.05 Å². The first-order valence-electron chi connectivity index (χ1n) is 6.75. The second-order valence-electron chi connectivity index (χ2n) is 5.14. The maximum atomic E-state index is 10.1. The van der Waals surface area contributed by atoms with E-state index < -0.39 is 0 Å². The molecule has 112 valence electrons. The molecule has 0 aliphatic carbocycles. The van der Waals surface area contributed by atoms with Crippen molar-refractivity contribution in [3.8, 4) is 5.88 Å². The topological polar surface area (TPSA) is 66.3 Å². The quantitative estimate of drug-likeness (QED) is 0.583. The number of nitrogens with zero attached hydrogens (tertiary/aromatic N) is 3. The smallest absolute Gasteiger partial charge is 0.220 e. The minimum absolute atomic E-state index is 0.0838. The van der Waals surface area contributed by atoms with Gasteiger partial charge in [-0.05, 0) is 18.3 Å². The normalized spacial score (nSPS) is 11.6. The number of para-hydroxylation sites is 1. The lowest BCUT2D eigenvalue weighted by Gasteiger charge is -2.07. The highest BCUT2D eigenvalue weighted by Gasteiger charge is 2.13. The van der Waals surface area contributed by atoms with Crippen LogP contribution in [-0.4, -0.2) is 42.0 Å². The number of aromatic hydroxyl groups is 1. The largest absolute Gasteiger partial charge is 0.493 e. The van der Waals surface area contributed by atoms with Crippen LogP contribution in [0.5, 0.6) is 5.88 Å². The lowest BCUT2D eigenvalue weighted by atomic mass is 10.2. The standard InChI is InChI=1S/C14H19N5OS/c1-18(2)9-8-15-14(21)17-16-12-10-6-4-5-7-11(10)19(3)13(12)20/h4-7,20H,8-9H2,1-3H3,(H,15,21)/p+1. The predicted molar refractivity (Wildman–Crippen MR) is 87.4 cm³/mol. The molecule has 1 aromatic heterocycles.